The van der Waals surface area contributed by atoms with Crippen molar-refractivity contribution in [3.05, 3.63) is 24.5 Å². The van der Waals surface area contributed by atoms with E-state index in [1.54, 1.807) is 24.5 Å². The van der Waals surface area contributed by atoms with Gasteiger partial charge in [0.1, 0.15) is 0 Å². The summed E-state index contributed by atoms with van der Waals surface area (Å²) in [6.07, 6.45) is 4.96. The fraction of sp³-hybridized carbons (Fsp3) is 0.643. The molecular formula is C14H22N2O4S. The minimum atomic E-state index is -3.38. The number of hydrogen-bond acceptors (Lipinski definition) is 5. The molecule has 1 aromatic rings. The van der Waals surface area contributed by atoms with Crippen LogP contribution < -0.4 is 4.31 Å². The summed E-state index contributed by atoms with van der Waals surface area (Å²) >= 11 is 0. The third kappa shape index (κ3) is 4.66. The first-order valence-electron chi connectivity index (χ1n) is 7.23. The van der Waals surface area contributed by atoms with Crippen molar-refractivity contribution in [2.45, 2.75) is 25.9 Å². The molecule has 1 aliphatic rings. The van der Waals surface area contributed by atoms with Crippen molar-refractivity contribution in [2.75, 3.05) is 36.4 Å². The van der Waals surface area contributed by atoms with E-state index in [-0.39, 0.29) is 18.5 Å². The maximum atomic E-state index is 12.4. The molecule has 2 rings (SSSR count). The van der Waals surface area contributed by atoms with Gasteiger partial charge in [0.25, 0.3) is 0 Å². The maximum absolute atomic E-state index is 12.4. The summed E-state index contributed by atoms with van der Waals surface area (Å²) in [5.74, 6) is -0.0134. The van der Waals surface area contributed by atoms with E-state index in [2.05, 4.69) is 4.98 Å². The fourth-order valence-electron chi connectivity index (χ4n) is 2.32. The molecule has 7 heteroatoms. The molecule has 1 aliphatic heterocycles. The van der Waals surface area contributed by atoms with E-state index in [0.29, 0.717) is 25.4 Å². The second kappa shape index (κ2) is 7.72. The highest BCUT2D eigenvalue weighted by molar-refractivity contribution is 7.92. The topological polar surface area (TPSA) is 68.7 Å². The number of nitrogens with zero attached hydrogens (tertiary/aromatic N) is 2. The largest absolute Gasteiger partial charge is 0.381 e. The summed E-state index contributed by atoms with van der Waals surface area (Å²) < 4.78 is 37.1. The van der Waals surface area contributed by atoms with E-state index < -0.39 is 10.0 Å². The molecule has 0 aliphatic carbocycles. The van der Waals surface area contributed by atoms with Gasteiger partial charge in [0.15, 0.2) is 0 Å². The summed E-state index contributed by atoms with van der Waals surface area (Å²) in [6.45, 7) is 3.81. The van der Waals surface area contributed by atoms with E-state index in [1.165, 1.54) is 4.31 Å². The molecule has 1 aromatic heterocycles. The third-order valence-corrected chi connectivity index (χ3v) is 5.26. The Morgan fingerprint density at radius 1 is 1.33 bits per heavy atom. The Balaban J connectivity index is 1.90. The van der Waals surface area contributed by atoms with E-state index in [9.17, 15) is 8.42 Å². The molecule has 0 radical (unpaired) electrons. The number of rotatable bonds is 7. The number of anilines is 1. The molecule has 0 spiro atoms. The van der Waals surface area contributed by atoms with Gasteiger partial charge < -0.3 is 9.47 Å². The van der Waals surface area contributed by atoms with Crippen LogP contribution in [0.15, 0.2) is 24.5 Å². The number of hydrogen-bond donors (Lipinski definition) is 0. The number of pyridine rings is 1. The minimum absolute atomic E-state index is 0.0134. The molecular weight excluding hydrogens is 292 g/mol. The van der Waals surface area contributed by atoms with Crippen molar-refractivity contribution >= 4 is 15.7 Å². The predicted octanol–water partition coefficient (Wildman–Crippen LogP) is 1.43. The minimum Gasteiger partial charge on any atom is -0.381 e. The summed E-state index contributed by atoms with van der Waals surface area (Å²) in [5, 5.41) is 0. The lowest BCUT2D eigenvalue weighted by molar-refractivity contribution is -0.0266. The Labute approximate surface area is 126 Å². The van der Waals surface area contributed by atoms with E-state index in [1.807, 2.05) is 6.92 Å². The standard InChI is InChI=1S/C14H22N2O4S/c1-2-16(13-3-7-15-8-4-13)21(17,18)12-11-20-14-5-9-19-10-6-14/h3-4,7-8,14H,2,5-6,9-12H2,1H3. The van der Waals surface area contributed by atoms with Crippen LogP contribution in [0.2, 0.25) is 0 Å². The zero-order valence-electron chi connectivity index (χ0n) is 12.3. The number of aromatic nitrogens is 1. The Hall–Kier alpha value is -1.18. The van der Waals surface area contributed by atoms with Crippen LogP contribution in [-0.2, 0) is 19.5 Å². The van der Waals surface area contributed by atoms with Crippen molar-refractivity contribution in [1.29, 1.82) is 0 Å². The molecule has 1 saturated heterocycles. The molecule has 0 N–H and O–H groups in total. The molecule has 0 bridgehead atoms. The van der Waals surface area contributed by atoms with Crippen LogP contribution in [0.25, 0.3) is 0 Å². The Morgan fingerprint density at radius 3 is 2.62 bits per heavy atom. The first-order chi connectivity index (χ1) is 10.1. The van der Waals surface area contributed by atoms with Gasteiger partial charge >= 0.3 is 0 Å². The highest BCUT2D eigenvalue weighted by atomic mass is 32.2. The summed E-state index contributed by atoms with van der Waals surface area (Å²) in [6, 6.07) is 3.39. The molecule has 6 nitrogen and oxygen atoms in total. The van der Waals surface area contributed by atoms with Gasteiger partial charge in [0.05, 0.1) is 24.2 Å². The second-order valence-electron chi connectivity index (χ2n) is 4.87. The van der Waals surface area contributed by atoms with E-state index in [0.717, 1.165) is 12.8 Å². The average Bonchev–Trinajstić information content (AvgIpc) is 2.49. The van der Waals surface area contributed by atoms with E-state index >= 15 is 0 Å². The summed E-state index contributed by atoms with van der Waals surface area (Å²) in [5.41, 5.74) is 0.638. The number of sulfonamides is 1. The van der Waals surface area contributed by atoms with Crippen LogP contribution in [0.4, 0.5) is 5.69 Å². The van der Waals surface area contributed by atoms with Crippen LogP contribution in [0, 0.1) is 0 Å². The zero-order chi connectivity index (χ0) is 15.1. The molecule has 0 amide bonds. The lowest BCUT2D eigenvalue weighted by Crippen LogP contribution is -2.35. The van der Waals surface area contributed by atoms with Crippen molar-refractivity contribution in [3.63, 3.8) is 0 Å². The second-order valence-corrected chi connectivity index (χ2v) is 6.88. The first kappa shape index (κ1) is 16.2. The highest BCUT2D eigenvalue weighted by Gasteiger charge is 2.22. The molecule has 0 aromatic carbocycles. The maximum Gasteiger partial charge on any atom is 0.237 e. The molecule has 118 valence electrons. The summed E-state index contributed by atoms with van der Waals surface area (Å²) in [7, 11) is -3.38. The van der Waals surface area contributed by atoms with Gasteiger partial charge in [-0.2, -0.15) is 0 Å². The monoisotopic (exact) mass is 314 g/mol. The molecule has 1 fully saturated rings. The Bertz CT molecular complexity index is 515. The molecule has 21 heavy (non-hydrogen) atoms. The molecule has 0 saturated carbocycles. The predicted molar refractivity (Wildman–Crippen MR) is 80.8 cm³/mol. The fourth-order valence-corrected chi connectivity index (χ4v) is 3.69. The lowest BCUT2D eigenvalue weighted by atomic mass is 10.2. The van der Waals surface area contributed by atoms with Crippen molar-refractivity contribution in [2.24, 2.45) is 0 Å². The average molecular weight is 314 g/mol. The van der Waals surface area contributed by atoms with Crippen molar-refractivity contribution in [1.82, 2.24) is 4.98 Å². The quantitative estimate of drug-likeness (QED) is 0.761. The van der Waals surface area contributed by atoms with Crippen LogP contribution in [0.3, 0.4) is 0 Å². The van der Waals surface area contributed by atoms with Gasteiger partial charge in [-0.1, -0.05) is 0 Å². The highest BCUT2D eigenvalue weighted by Crippen LogP contribution is 2.17. The molecule has 2 heterocycles. The summed E-state index contributed by atoms with van der Waals surface area (Å²) in [4.78, 5) is 3.91. The van der Waals surface area contributed by atoms with Gasteiger partial charge in [-0.15, -0.1) is 0 Å². The van der Waals surface area contributed by atoms with Crippen molar-refractivity contribution in [3.8, 4) is 0 Å². The van der Waals surface area contributed by atoms with Crippen LogP contribution in [-0.4, -0.2) is 51.6 Å². The van der Waals surface area contributed by atoms with E-state index in [4.69, 9.17) is 9.47 Å². The van der Waals surface area contributed by atoms with Gasteiger partial charge in [0.2, 0.25) is 10.0 Å². The van der Waals surface area contributed by atoms with Gasteiger partial charge in [0, 0.05) is 32.2 Å². The lowest BCUT2D eigenvalue weighted by Gasteiger charge is -2.25. The van der Waals surface area contributed by atoms with Crippen LogP contribution >= 0.6 is 0 Å². The van der Waals surface area contributed by atoms with Crippen LogP contribution in [0.1, 0.15) is 19.8 Å². The third-order valence-electron chi connectivity index (χ3n) is 3.44. The number of ether oxygens (including phenoxy) is 2. The SMILES string of the molecule is CCN(c1ccncc1)S(=O)(=O)CCOC1CCOCC1. The van der Waals surface area contributed by atoms with Crippen LogP contribution in [0.5, 0.6) is 0 Å². The van der Waals surface area contributed by atoms with Gasteiger partial charge in [-0.3, -0.25) is 9.29 Å². The molecule has 0 atom stereocenters. The normalized spacial score (nSPS) is 16.8. The first-order valence-corrected chi connectivity index (χ1v) is 8.84. The molecule has 0 unspecified atom stereocenters. The Morgan fingerprint density at radius 2 is 2.00 bits per heavy atom. The Kier molecular flexibility index (Phi) is 5.96. The zero-order valence-corrected chi connectivity index (χ0v) is 13.1. The smallest absolute Gasteiger partial charge is 0.237 e. The van der Waals surface area contributed by atoms with Gasteiger partial charge in [-0.05, 0) is 31.9 Å². The van der Waals surface area contributed by atoms with Gasteiger partial charge in [-0.25, -0.2) is 8.42 Å². The van der Waals surface area contributed by atoms with Crippen molar-refractivity contribution < 1.29 is 17.9 Å².